The lowest BCUT2D eigenvalue weighted by atomic mass is 10.1. The van der Waals surface area contributed by atoms with Crippen LogP contribution in [0.25, 0.3) is 10.9 Å². The maximum absolute atomic E-state index is 13.0. The Morgan fingerprint density at radius 3 is 2.55 bits per heavy atom. The van der Waals surface area contributed by atoms with Gasteiger partial charge >= 0.3 is 12.1 Å². The van der Waals surface area contributed by atoms with E-state index in [9.17, 15) is 18.0 Å². The molecule has 1 aliphatic heterocycles. The maximum Gasteiger partial charge on any atom is 0.490 e. The number of alkyl halides is 3. The van der Waals surface area contributed by atoms with Crippen LogP contribution in [-0.2, 0) is 9.53 Å². The van der Waals surface area contributed by atoms with Crippen LogP contribution in [-0.4, -0.2) is 57.8 Å². The molecule has 11 heteroatoms. The quantitative estimate of drug-likeness (QED) is 0.634. The van der Waals surface area contributed by atoms with Crippen molar-refractivity contribution in [3.05, 3.63) is 58.2 Å². The van der Waals surface area contributed by atoms with Crippen LogP contribution in [0, 0.1) is 6.92 Å². The van der Waals surface area contributed by atoms with Crippen molar-refractivity contribution < 1.29 is 32.6 Å². The molecule has 3 aromatic rings. The molecule has 0 bridgehead atoms. The molecule has 1 aromatic carbocycles. The zero-order valence-corrected chi connectivity index (χ0v) is 17.1. The Bertz CT molecular complexity index is 1090. The number of aromatic nitrogens is 2. The molecule has 4 rings (SSSR count). The third-order valence-corrected chi connectivity index (χ3v) is 5.22. The number of benzene rings is 1. The highest BCUT2D eigenvalue weighted by Gasteiger charge is 2.38. The third kappa shape index (κ3) is 5.56. The smallest absolute Gasteiger partial charge is 0.475 e. The van der Waals surface area contributed by atoms with Gasteiger partial charge in [-0.05, 0) is 19.1 Å². The van der Waals surface area contributed by atoms with E-state index in [0.29, 0.717) is 25.5 Å². The molecular formula is C20H18F3N3O4S. The average Bonchev–Trinajstić information content (AvgIpc) is 3.19. The van der Waals surface area contributed by atoms with Gasteiger partial charge in [-0.15, -0.1) is 11.3 Å². The normalized spacial score (nSPS) is 16.5. The standard InChI is InChI=1S/C18H17N3O2S.C2HF3O2/c1-12-19-16(11-24-12)17-10-23-9-8-21(17)18(22)15-7-6-13-4-2-3-5-14(13)20-15;3-2(4,5)1(6)7/h2-7,11,17H,8-10H2,1H3;(H,6,7). The number of pyridine rings is 1. The number of amides is 1. The second kappa shape index (κ2) is 9.40. The summed E-state index contributed by atoms with van der Waals surface area (Å²) < 4.78 is 37.3. The minimum absolute atomic E-state index is 0.0697. The summed E-state index contributed by atoms with van der Waals surface area (Å²) in [7, 11) is 0. The molecule has 1 aliphatic rings. The predicted molar refractivity (Wildman–Crippen MR) is 107 cm³/mol. The number of para-hydroxylation sites is 1. The van der Waals surface area contributed by atoms with Gasteiger partial charge in [0.2, 0.25) is 0 Å². The maximum atomic E-state index is 13.0. The monoisotopic (exact) mass is 453 g/mol. The van der Waals surface area contributed by atoms with Crippen molar-refractivity contribution in [2.75, 3.05) is 19.8 Å². The van der Waals surface area contributed by atoms with Gasteiger partial charge < -0.3 is 14.7 Å². The molecule has 1 unspecified atom stereocenters. The number of fused-ring (bicyclic) bond motifs is 1. The number of hydrogen-bond donors (Lipinski definition) is 1. The molecule has 0 spiro atoms. The van der Waals surface area contributed by atoms with Crippen LogP contribution in [0.2, 0.25) is 0 Å². The van der Waals surface area contributed by atoms with Crippen molar-refractivity contribution in [2.45, 2.75) is 19.1 Å². The largest absolute Gasteiger partial charge is 0.490 e. The van der Waals surface area contributed by atoms with E-state index < -0.39 is 12.1 Å². The number of halogens is 3. The number of morpholine rings is 1. The number of carboxylic acids is 1. The van der Waals surface area contributed by atoms with E-state index in [2.05, 4.69) is 9.97 Å². The summed E-state index contributed by atoms with van der Waals surface area (Å²) >= 11 is 1.59. The molecule has 1 fully saturated rings. The molecule has 2 aromatic heterocycles. The Hall–Kier alpha value is -3.05. The molecule has 1 N–H and O–H groups in total. The summed E-state index contributed by atoms with van der Waals surface area (Å²) in [5.41, 5.74) is 2.19. The van der Waals surface area contributed by atoms with Gasteiger partial charge in [0.15, 0.2) is 0 Å². The number of aliphatic carboxylic acids is 1. The minimum atomic E-state index is -5.08. The molecule has 31 heavy (non-hydrogen) atoms. The first-order chi connectivity index (χ1) is 14.7. The fraction of sp³-hybridized carbons (Fsp3) is 0.300. The van der Waals surface area contributed by atoms with Gasteiger partial charge in [-0.25, -0.2) is 14.8 Å². The Labute approximate surface area is 179 Å². The van der Waals surface area contributed by atoms with E-state index >= 15 is 0 Å². The SMILES string of the molecule is Cc1nc(C2COCCN2C(=O)c2ccc3ccccc3n2)cs1.O=C(O)C(F)(F)F. The van der Waals surface area contributed by atoms with Crippen LogP contribution in [0.5, 0.6) is 0 Å². The lowest BCUT2D eigenvalue weighted by Crippen LogP contribution is -2.43. The Balaban J connectivity index is 0.000000339. The summed E-state index contributed by atoms with van der Waals surface area (Å²) in [5, 5.41) is 11.2. The first-order valence-corrected chi connectivity index (χ1v) is 10.0. The number of hydrogen-bond acceptors (Lipinski definition) is 6. The number of carboxylic acid groups (broad SMARTS) is 1. The second-order valence-corrected chi connectivity index (χ2v) is 7.63. The van der Waals surface area contributed by atoms with Gasteiger partial charge in [-0.1, -0.05) is 24.3 Å². The highest BCUT2D eigenvalue weighted by atomic mass is 32.1. The highest BCUT2D eigenvalue weighted by Crippen LogP contribution is 2.27. The third-order valence-electron chi connectivity index (χ3n) is 4.43. The fourth-order valence-corrected chi connectivity index (χ4v) is 3.62. The van der Waals surface area contributed by atoms with Gasteiger partial charge in [0.25, 0.3) is 5.91 Å². The molecule has 1 atom stereocenters. The fourth-order valence-electron chi connectivity index (χ4n) is 2.96. The molecular weight excluding hydrogens is 435 g/mol. The lowest BCUT2D eigenvalue weighted by molar-refractivity contribution is -0.192. The molecule has 0 saturated carbocycles. The van der Waals surface area contributed by atoms with E-state index in [1.807, 2.05) is 47.5 Å². The summed E-state index contributed by atoms with van der Waals surface area (Å²) in [6, 6.07) is 11.4. The van der Waals surface area contributed by atoms with Gasteiger partial charge in [-0.2, -0.15) is 13.2 Å². The minimum Gasteiger partial charge on any atom is -0.475 e. The van der Waals surface area contributed by atoms with Crippen molar-refractivity contribution in [2.24, 2.45) is 0 Å². The van der Waals surface area contributed by atoms with Crippen LogP contribution < -0.4 is 0 Å². The van der Waals surface area contributed by atoms with Crippen molar-refractivity contribution in [3.8, 4) is 0 Å². The molecule has 164 valence electrons. The number of ether oxygens (including phenoxy) is 1. The second-order valence-electron chi connectivity index (χ2n) is 6.57. The van der Waals surface area contributed by atoms with Gasteiger partial charge in [0, 0.05) is 17.3 Å². The van der Waals surface area contributed by atoms with E-state index in [1.165, 1.54) is 0 Å². The molecule has 3 heterocycles. The Morgan fingerprint density at radius 2 is 1.90 bits per heavy atom. The topological polar surface area (TPSA) is 92.6 Å². The van der Waals surface area contributed by atoms with E-state index in [4.69, 9.17) is 14.6 Å². The van der Waals surface area contributed by atoms with Crippen LogP contribution in [0.1, 0.15) is 27.2 Å². The van der Waals surface area contributed by atoms with Crippen molar-refractivity contribution >= 4 is 34.1 Å². The predicted octanol–water partition coefficient (Wildman–Crippen LogP) is 3.85. The summed E-state index contributed by atoms with van der Waals surface area (Å²) in [5.74, 6) is -2.83. The molecule has 0 radical (unpaired) electrons. The molecule has 1 saturated heterocycles. The number of nitrogens with zero attached hydrogens (tertiary/aromatic N) is 3. The lowest BCUT2D eigenvalue weighted by Gasteiger charge is -2.34. The van der Waals surface area contributed by atoms with Crippen LogP contribution in [0.3, 0.4) is 0 Å². The molecule has 7 nitrogen and oxygen atoms in total. The van der Waals surface area contributed by atoms with Crippen molar-refractivity contribution in [1.82, 2.24) is 14.9 Å². The number of rotatable bonds is 2. The van der Waals surface area contributed by atoms with Crippen molar-refractivity contribution in [1.29, 1.82) is 0 Å². The van der Waals surface area contributed by atoms with Crippen molar-refractivity contribution in [3.63, 3.8) is 0 Å². The van der Waals surface area contributed by atoms with Crippen LogP contribution in [0.15, 0.2) is 41.8 Å². The summed E-state index contributed by atoms with van der Waals surface area (Å²) in [6.45, 7) is 3.53. The van der Waals surface area contributed by atoms with Crippen LogP contribution >= 0.6 is 11.3 Å². The number of aryl methyl sites for hydroxylation is 1. The number of carbonyl (C=O) groups excluding carboxylic acids is 1. The van der Waals surface area contributed by atoms with E-state index in [-0.39, 0.29) is 11.9 Å². The molecule has 1 amide bonds. The summed E-state index contributed by atoms with van der Waals surface area (Å²) in [4.78, 5) is 32.8. The first-order valence-electron chi connectivity index (χ1n) is 9.13. The first kappa shape index (κ1) is 22.6. The van der Waals surface area contributed by atoms with E-state index in [1.54, 1.807) is 17.4 Å². The van der Waals surface area contributed by atoms with Crippen LogP contribution in [0.4, 0.5) is 13.2 Å². The zero-order chi connectivity index (χ0) is 22.6. The Morgan fingerprint density at radius 1 is 1.19 bits per heavy atom. The molecule has 0 aliphatic carbocycles. The summed E-state index contributed by atoms with van der Waals surface area (Å²) in [6.07, 6.45) is -5.08. The zero-order valence-electron chi connectivity index (χ0n) is 16.3. The van der Waals surface area contributed by atoms with Gasteiger partial charge in [0.05, 0.1) is 35.5 Å². The Kier molecular flexibility index (Phi) is 6.86. The number of thiazole rings is 1. The van der Waals surface area contributed by atoms with Gasteiger partial charge in [0.1, 0.15) is 5.69 Å². The highest BCUT2D eigenvalue weighted by molar-refractivity contribution is 7.09. The number of carbonyl (C=O) groups is 2. The average molecular weight is 453 g/mol. The van der Waals surface area contributed by atoms with Gasteiger partial charge in [-0.3, -0.25) is 4.79 Å². The van der Waals surface area contributed by atoms with E-state index in [0.717, 1.165) is 21.6 Å².